The fraction of sp³-hybridized carbons (Fsp3) is 0.304. The van der Waals surface area contributed by atoms with Gasteiger partial charge in [0.2, 0.25) is 5.91 Å². The number of aromatic nitrogens is 1. The van der Waals surface area contributed by atoms with Gasteiger partial charge in [0.1, 0.15) is 14.9 Å². The topological polar surface area (TPSA) is 56.8 Å². The zero-order chi connectivity index (χ0) is 22.8. The summed E-state index contributed by atoms with van der Waals surface area (Å²) in [5.41, 5.74) is 0.565. The van der Waals surface area contributed by atoms with E-state index in [4.69, 9.17) is 12.2 Å². The third-order valence-electron chi connectivity index (χ3n) is 6.83. The van der Waals surface area contributed by atoms with E-state index in [-0.39, 0.29) is 24.3 Å². The summed E-state index contributed by atoms with van der Waals surface area (Å²) in [4.78, 5) is 37.3. The summed E-state index contributed by atoms with van der Waals surface area (Å²) in [7, 11) is 3.49. The SMILES string of the molecule is C=CCN1C(=O)[C@]2(SC1=S)[C@H](c1ccncc1)CN(C)[C@]21C(=O)N(C)c2ccc(F)cc21. The standard InChI is InChI=1S/C23H21FN4O2S2/c1-4-11-28-20(30)23(32-21(28)31)17(14-7-9-25-10-8-14)13-26(2)22(23)16-12-15(24)5-6-18(16)27(3)19(22)29/h4-10,12,17H,1,11,13H2,2-3H3/t17-,22+,23+/m0/s1. The van der Waals surface area contributed by atoms with Crippen LogP contribution in [0.5, 0.6) is 0 Å². The lowest BCUT2D eigenvalue weighted by atomic mass is 9.72. The van der Waals surface area contributed by atoms with Gasteiger partial charge in [-0.2, -0.15) is 0 Å². The Kier molecular flexibility index (Phi) is 4.77. The largest absolute Gasteiger partial charge is 0.313 e. The molecule has 6 nitrogen and oxygen atoms in total. The quantitative estimate of drug-likeness (QED) is 0.510. The molecule has 0 radical (unpaired) electrons. The molecule has 32 heavy (non-hydrogen) atoms. The van der Waals surface area contributed by atoms with E-state index >= 15 is 0 Å². The smallest absolute Gasteiger partial charge is 0.254 e. The number of anilines is 1. The highest BCUT2D eigenvalue weighted by molar-refractivity contribution is 8.25. The van der Waals surface area contributed by atoms with E-state index in [1.165, 1.54) is 33.7 Å². The van der Waals surface area contributed by atoms with Crippen LogP contribution in [0.25, 0.3) is 0 Å². The van der Waals surface area contributed by atoms with E-state index in [2.05, 4.69) is 11.6 Å². The molecular weight excluding hydrogens is 447 g/mol. The van der Waals surface area contributed by atoms with Crippen molar-refractivity contribution in [3.63, 3.8) is 0 Å². The molecule has 4 heterocycles. The fourth-order valence-electron chi connectivity index (χ4n) is 5.55. The second-order valence-corrected chi connectivity index (χ2v) is 10.1. The van der Waals surface area contributed by atoms with Crippen molar-refractivity contribution in [2.24, 2.45) is 0 Å². The molecule has 3 aliphatic heterocycles. The summed E-state index contributed by atoms with van der Waals surface area (Å²) in [6, 6.07) is 8.05. The molecule has 0 saturated carbocycles. The van der Waals surface area contributed by atoms with Gasteiger partial charge in [-0.25, -0.2) is 4.39 Å². The molecular formula is C23H21FN4O2S2. The number of carbonyl (C=O) groups is 2. The number of nitrogens with zero attached hydrogens (tertiary/aromatic N) is 4. The van der Waals surface area contributed by atoms with Crippen LogP contribution in [0.15, 0.2) is 55.4 Å². The lowest BCUT2D eigenvalue weighted by Crippen LogP contribution is -2.62. The van der Waals surface area contributed by atoms with Crippen LogP contribution in [0.4, 0.5) is 10.1 Å². The number of fused-ring (bicyclic) bond motifs is 3. The van der Waals surface area contributed by atoms with Crippen molar-refractivity contribution >= 4 is 45.8 Å². The highest BCUT2D eigenvalue weighted by Gasteiger charge is 2.78. The van der Waals surface area contributed by atoms with Gasteiger partial charge in [0.25, 0.3) is 5.91 Å². The average Bonchev–Trinajstić information content (AvgIpc) is 3.28. The number of carbonyl (C=O) groups excluding carboxylic acids is 2. The molecule has 2 saturated heterocycles. The molecule has 0 aliphatic carbocycles. The normalized spacial score (nSPS) is 29.6. The summed E-state index contributed by atoms with van der Waals surface area (Å²) in [6.45, 7) is 4.42. The molecule has 2 fully saturated rings. The first-order chi connectivity index (χ1) is 15.3. The van der Waals surface area contributed by atoms with Gasteiger partial charge in [-0.15, -0.1) is 6.58 Å². The summed E-state index contributed by atoms with van der Waals surface area (Å²) < 4.78 is 13.6. The van der Waals surface area contributed by atoms with Crippen LogP contribution >= 0.6 is 24.0 Å². The van der Waals surface area contributed by atoms with Gasteiger partial charge in [0, 0.05) is 49.7 Å². The third-order valence-corrected chi connectivity index (χ3v) is 8.77. The number of likely N-dealkylation sites (tertiary alicyclic amines) is 1. The molecule has 1 aromatic carbocycles. The minimum absolute atomic E-state index is 0.245. The first-order valence-electron chi connectivity index (χ1n) is 10.2. The Bertz CT molecular complexity index is 1180. The van der Waals surface area contributed by atoms with Gasteiger partial charge >= 0.3 is 0 Å². The van der Waals surface area contributed by atoms with Crippen molar-refractivity contribution < 1.29 is 14.0 Å². The molecule has 2 spiro atoms. The van der Waals surface area contributed by atoms with Gasteiger partial charge in [0.15, 0.2) is 5.54 Å². The minimum Gasteiger partial charge on any atom is -0.313 e. The van der Waals surface area contributed by atoms with Gasteiger partial charge in [-0.1, -0.05) is 30.1 Å². The number of hydrogen-bond acceptors (Lipinski definition) is 6. The second-order valence-electron chi connectivity index (χ2n) is 8.26. The molecule has 2 aromatic rings. The Labute approximate surface area is 195 Å². The van der Waals surface area contributed by atoms with Gasteiger partial charge < -0.3 is 4.90 Å². The van der Waals surface area contributed by atoms with Crippen LogP contribution in [0, 0.1) is 5.82 Å². The maximum atomic E-state index is 14.5. The number of rotatable bonds is 3. The third kappa shape index (κ3) is 2.39. The van der Waals surface area contributed by atoms with Crippen LogP contribution < -0.4 is 4.90 Å². The summed E-state index contributed by atoms with van der Waals surface area (Å²) >= 11 is 6.87. The molecule has 2 amide bonds. The maximum absolute atomic E-state index is 14.5. The minimum atomic E-state index is -1.41. The molecule has 1 aromatic heterocycles. The molecule has 0 unspecified atom stereocenters. The van der Waals surface area contributed by atoms with Gasteiger partial charge in [-0.3, -0.25) is 24.4 Å². The van der Waals surface area contributed by atoms with Gasteiger partial charge in [-0.05, 0) is 42.9 Å². The first kappa shape index (κ1) is 21.2. The van der Waals surface area contributed by atoms with Crippen LogP contribution in [0.3, 0.4) is 0 Å². The number of pyridine rings is 1. The Hall–Kier alpha value is -2.62. The lowest BCUT2D eigenvalue weighted by molar-refractivity contribution is -0.138. The van der Waals surface area contributed by atoms with Crippen LogP contribution in [0.2, 0.25) is 0 Å². The predicted molar refractivity (Wildman–Crippen MR) is 126 cm³/mol. The Morgan fingerprint density at radius 1 is 1.25 bits per heavy atom. The highest BCUT2D eigenvalue weighted by Crippen LogP contribution is 2.66. The lowest BCUT2D eigenvalue weighted by Gasteiger charge is -2.42. The average molecular weight is 469 g/mol. The van der Waals surface area contributed by atoms with Crippen molar-refractivity contribution in [3.05, 3.63) is 72.3 Å². The van der Waals surface area contributed by atoms with E-state index in [9.17, 15) is 14.0 Å². The van der Waals surface area contributed by atoms with E-state index in [0.29, 0.717) is 22.1 Å². The molecule has 9 heteroatoms. The molecule has 0 bridgehead atoms. The molecule has 3 aliphatic rings. The van der Waals surface area contributed by atoms with Crippen LogP contribution in [-0.4, -0.2) is 62.9 Å². The zero-order valence-electron chi connectivity index (χ0n) is 17.6. The number of halogens is 1. The molecule has 0 N–H and O–H groups in total. The first-order valence-corrected chi connectivity index (χ1v) is 11.4. The summed E-state index contributed by atoms with van der Waals surface area (Å²) in [6.07, 6.45) is 4.97. The number of benzene rings is 1. The van der Waals surface area contributed by atoms with Gasteiger partial charge in [0.05, 0.1) is 0 Å². The molecule has 3 atom stereocenters. The predicted octanol–water partition coefficient (Wildman–Crippen LogP) is 2.91. The highest BCUT2D eigenvalue weighted by atomic mass is 32.2. The van der Waals surface area contributed by atoms with E-state index in [0.717, 1.165) is 5.56 Å². The van der Waals surface area contributed by atoms with Crippen molar-refractivity contribution in [2.45, 2.75) is 16.2 Å². The zero-order valence-corrected chi connectivity index (χ0v) is 19.3. The van der Waals surface area contributed by atoms with Crippen LogP contribution in [0.1, 0.15) is 17.0 Å². The van der Waals surface area contributed by atoms with Crippen molar-refractivity contribution in [3.8, 4) is 0 Å². The maximum Gasteiger partial charge on any atom is 0.254 e. The summed E-state index contributed by atoms with van der Waals surface area (Å²) in [5.74, 6) is -1.34. The fourth-order valence-corrected chi connectivity index (χ4v) is 7.70. The molecule has 164 valence electrons. The van der Waals surface area contributed by atoms with Crippen LogP contribution in [-0.2, 0) is 15.1 Å². The molecule has 5 rings (SSSR count). The monoisotopic (exact) mass is 468 g/mol. The number of amides is 2. The van der Waals surface area contributed by atoms with Crippen molar-refractivity contribution in [1.82, 2.24) is 14.8 Å². The van der Waals surface area contributed by atoms with Crippen molar-refractivity contribution in [1.29, 1.82) is 0 Å². The van der Waals surface area contributed by atoms with E-state index in [1.807, 2.05) is 24.1 Å². The summed E-state index contributed by atoms with van der Waals surface area (Å²) in [5, 5.41) is 0. The number of likely N-dealkylation sites (N-methyl/N-ethyl adjacent to an activating group) is 2. The number of hydrogen-bond donors (Lipinski definition) is 0. The van der Waals surface area contributed by atoms with E-state index < -0.39 is 16.1 Å². The number of thiocarbonyl (C=S) groups is 1. The van der Waals surface area contributed by atoms with E-state index in [1.54, 1.807) is 31.6 Å². The Morgan fingerprint density at radius 2 is 1.97 bits per heavy atom. The van der Waals surface area contributed by atoms with Crippen molar-refractivity contribution in [2.75, 3.05) is 32.1 Å². The Morgan fingerprint density at radius 3 is 2.66 bits per heavy atom. The second kappa shape index (κ2) is 7.19. The Balaban J connectivity index is 1.85. The number of thioether (sulfide) groups is 1.